The number of nitrogens with zero attached hydrogens (tertiary/aromatic N) is 1. The summed E-state index contributed by atoms with van der Waals surface area (Å²) < 4.78 is 84.0. The second-order valence-corrected chi connectivity index (χ2v) is 7.04. The Morgan fingerprint density at radius 2 is 1.55 bits per heavy atom. The summed E-state index contributed by atoms with van der Waals surface area (Å²) in [5.74, 6) is 0. The number of carbonyl (C=O) groups excluding carboxylic acids is 1. The van der Waals surface area contributed by atoms with Crippen LogP contribution in [0.5, 0.6) is 0 Å². The molecule has 1 aliphatic heterocycles. The van der Waals surface area contributed by atoms with Crippen molar-refractivity contribution in [1.29, 1.82) is 0 Å². The maximum absolute atomic E-state index is 13.3. The molecule has 12 heteroatoms. The molecule has 1 fully saturated rings. The molecular weight excluding hydrogens is 452 g/mol. The van der Waals surface area contributed by atoms with E-state index in [9.17, 15) is 31.1 Å². The van der Waals surface area contributed by atoms with Gasteiger partial charge in [-0.05, 0) is 36.4 Å². The number of carbonyl (C=O) groups is 1. The minimum Gasteiger partial charge on any atom is -0.378 e. The molecule has 0 saturated carbocycles. The number of benzene rings is 2. The zero-order valence-corrected chi connectivity index (χ0v) is 16.5. The molecule has 0 radical (unpaired) electrons. The summed E-state index contributed by atoms with van der Waals surface area (Å²) in [4.78, 5) is 13.9. The number of hydrogen-bond donors (Lipinski definition) is 2. The molecule has 1 aliphatic rings. The predicted molar refractivity (Wildman–Crippen MR) is 104 cm³/mol. The standard InChI is InChI=1S/C19H16ClF6N3O2/c20-16-2-1-12(10-15(16)19(24,25)26)27-17(30)28-13-7-11(18(21,22)23)8-14(9-13)29-3-5-31-6-4-29/h1-2,7-10H,3-6H2,(H2,27,28,30). The monoisotopic (exact) mass is 467 g/mol. The molecule has 3 rings (SSSR count). The number of morpholine rings is 1. The lowest BCUT2D eigenvalue weighted by molar-refractivity contribution is -0.138. The number of ether oxygens (including phenoxy) is 1. The van der Waals surface area contributed by atoms with Gasteiger partial charge in [-0.3, -0.25) is 0 Å². The van der Waals surface area contributed by atoms with E-state index < -0.39 is 34.5 Å². The average Bonchev–Trinajstić information content (AvgIpc) is 2.68. The van der Waals surface area contributed by atoms with Gasteiger partial charge in [0.25, 0.3) is 0 Å². The highest BCUT2D eigenvalue weighted by molar-refractivity contribution is 6.31. The summed E-state index contributed by atoms with van der Waals surface area (Å²) in [7, 11) is 0. The second-order valence-electron chi connectivity index (χ2n) is 6.64. The highest BCUT2D eigenvalue weighted by Gasteiger charge is 2.34. The van der Waals surface area contributed by atoms with Crippen molar-refractivity contribution in [3.8, 4) is 0 Å². The Balaban J connectivity index is 1.82. The summed E-state index contributed by atoms with van der Waals surface area (Å²) in [5, 5.41) is 3.85. The number of alkyl halides is 6. The molecule has 0 aromatic heterocycles. The van der Waals surface area contributed by atoms with Gasteiger partial charge >= 0.3 is 18.4 Å². The van der Waals surface area contributed by atoms with Gasteiger partial charge in [0.15, 0.2) is 0 Å². The topological polar surface area (TPSA) is 53.6 Å². The molecule has 31 heavy (non-hydrogen) atoms. The van der Waals surface area contributed by atoms with E-state index in [1.54, 1.807) is 4.90 Å². The van der Waals surface area contributed by atoms with Crippen LogP contribution in [0.1, 0.15) is 11.1 Å². The Hall–Kier alpha value is -2.66. The fourth-order valence-electron chi connectivity index (χ4n) is 2.96. The smallest absolute Gasteiger partial charge is 0.378 e. The van der Waals surface area contributed by atoms with E-state index in [2.05, 4.69) is 10.6 Å². The number of rotatable bonds is 3. The predicted octanol–water partition coefficient (Wildman–Crippen LogP) is 5.86. The molecular formula is C19H16ClF6N3O2. The number of urea groups is 1. The highest BCUT2D eigenvalue weighted by atomic mass is 35.5. The van der Waals surface area contributed by atoms with Gasteiger partial charge in [-0.2, -0.15) is 26.3 Å². The van der Waals surface area contributed by atoms with Gasteiger partial charge < -0.3 is 20.3 Å². The number of halogens is 7. The van der Waals surface area contributed by atoms with Gasteiger partial charge in [0, 0.05) is 30.2 Å². The quantitative estimate of drug-likeness (QED) is 0.556. The normalized spacial score (nSPS) is 15.0. The van der Waals surface area contributed by atoms with Gasteiger partial charge in [-0.1, -0.05) is 11.6 Å². The van der Waals surface area contributed by atoms with Crippen molar-refractivity contribution in [2.45, 2.75) is 12.4 Å². The maximum Gasteiger partial charge on any atom is 0.417 e. The molecule has 1 saturated heterocycles. The summed E-state index contributed by atoms with van der Waals surface area (Å²) >= 11 is 5.53. The zero-order valence-electron chi connectivity index (χ0n) is 15.7. The minimum atomic E-state index is -4.74. The van der Waals surface area contributed by atoms with E-state index in [1.807, 2.05) is 0 Å². The van der Waals surface area contributed by atoms with Crippen LogP contribution >= 0.6 is 11.6 Å². The average molecular weight is 468 g/mol. The molecule has 2 aromatic carbocycles. The van der Waals surface area contributed by atoms with Crippen LogP contribution in [0.2, 0.25) is 5.02 Å². The van der Waals surface area contributed by atoms with Crippen molar-refractivity contribution in [3.63, 3.8) is 0 Å². The summed E-state index contributed by atoms with van der Waals surface area (Å²) in [6, 6.07) is 4.78. The molecule has 0 bridgehead atoms. The van der Waals surface area contributed by atoms with Crippen LogP contribution in [0.25, 0.3) is 0 Å². The molecule has 2 aromatic rings. The zero-order chi connectivity index (χ0) is 22.8. The lowest BCUT2D eigenvalue weighted by Crippen LogP contribution is -2.36. The first-order chi connectivity index (χ1) is 14.4. The fourth-order valence-corrected chi connectivity index (χ4v) is 3.19. The van der Waals surface area contributed by atoms with E-state index in [4.69, 9.17) is 16.3 Å². The number of amides is 2. The van der Waals surface area contributed by atoms with Crippen LogP contribution in [0.15, 0.2) is 36.4 Å². The highest BCUT2D eigenvalue weighted by Crippen LogP contribution is 2.37. The molecule has 0 unspecified atom stereocenters. The number of hydrogen-bond acceptors (Lipinski definition) is 3. The van der Waals surface area contributed by atoms with Crippen molar-refractivity contribution < 1.29 is 35.9 Å². The van der Waals surface area contributed by atoms with Crippen LogP contribution in [0, 0.1) is 0 Å². The molecule has 168 valence electrons. The Morgan fingerprint density at radius 1 is 0.903 bits per heavy atom. The Bertz CT molecular complexity index is 959. The van der Waals surface area contributed by atoms with Gasteiger partial charge in [0.05, 0.1) is 29.4 Å². The summed E-state index contributed by atoms with van der Waals surface area (Å²) in [6.45, 7) is 1.44. The SMILES string of the molecule is O=C(Nc1cc(N2CCOCC2)cc(C(F)(F)F)c1)Nc1ccc(Cl)c(C(F)(F)F)c1. The first kappa shape index (κ1) is 23.0. The van der Waals surface area contributed by atoms with Crippen LogP contribution < -0.4 is 15.5 Å². The van der Waals surface area contributed by atoms with Crippen molar-refractivity contribution in [1.82, 2.24) is 0 Å². The van der Waals surface area contributed by atoms with Gasteiger partial charge in [0.2, 0.25) is 0 Å². The Labute approximate surface area is 177 Å². The third kappa shape index (κ3) is 5.95. The fraction of sp³-hybridized carbons (Fsp3) is 0.316. The first-order valence-electron chi connectivity index (χ1n) is 8.93. The molecule has 2 N–H and O–H groups in total. The van der Waals surface area contributed by atoms with Crippen molar-refractivity contribution >= 4 is 34.7 Å². The van der Waals surface area contributed by atoms with Crippen molar-refractivity contribution in [2.24, 2.45) is 0 Å². The number of nitrogens with one attached hydrogen (secondary N) is 2. The molecule has 1 heterocycles. The molecule has 5 nitrogen and oxygen atoms in total. The molecule has 0 spiro atoms. The van der Waals surface area contributed by atoms with Crippen LogP contribution in [-0.2, 0) is 17.1 Å². The summed E-state index contributed by atoms with van der Waals surface area (Å²) in [5.41, 5.74) is -2.29. The van der Waals surface area contributed by atoms with E-state index in [-0.39, 0.29) is 17.1 Å². The third-order valence-corrected chi connectivity index (χ3v) is 4.74. The van der Waals surface area contributed by atoms with E-state index in [0.717, 1.165) is 24.3 Å². The first-order valence-corrected chi connectivity index (χ1v) is 9.31. The Kier molecular flexibility index (Phi) is 6.56. The van der Waals surface area contributed by atoms with Crippen molar-refractivity contribution in [3.05, 3.63) is 52.5 Å². The van der Waals surface area contributed by atoms with Crippen LogP contribution in [0.4, 0.5) is 48.2 Å². The lowest BCUT2D eigenvalue weighted by atomic mass is 10.1. The van der Waals surface area contributed by atoms with E-state index in [0.29, 0.717) is 32.4 Å². The maximum atomic E-state index is 13.3. The molecule has 0 aliphatic carbocycles. The summed E-state index contributed by atoms with van der Waals surface area (Å²) in [6.07, 6.45) is -9.40. The van der Waals surface area contributed by atoms with Gasteiger partial charge in [-0.15, -0.1) is 0 Å². The largest absolute Gasteiger partial charge is 0.417 e. The minimum absolute atomic E-state index is 0.168. The Morgan fingerprint density at radius 3 is 2.16 bits per heavy atom. The lowest BCUT2D eigenvalue weighted by Gasteiger charge is -2.29. The van der Waals surface area contributed by atoms with Crippen LogP contribution in [-0.4, -0.2) is 32.3 Å². The van der Waals surface area contributed by atoms with Crippen molar-refractivity contribution in [2.75, 3.05) is 41.8 Å². The third-order valence-electron chi connectivity index (χ3n) is 4.41. The van der Waals surface area contributed by atoms with Gasteiger partial charge in [-0.25, -0.2) is 4.79 Å². The van der Waals surface area contributed by atoms with E-state index >= 15 is 0 Å². The number of anilines is 3. The molecule has 0 atom stereocenters. The van der Waals surface area contributed by atoms with Crippen LogP contribution in [0.3, 0.4) is 0 Å². The molecule has 2 amide bonds. The second kappa shape index (κ2) is 8.83. The van der Waals surface area contributed by atoms with Gasteiger partial charge in [0.1, 0.15) is 0 Å². The van der Waals surface area contributed by atoms with E-state index in [1.165, 1.54) is 6.07 Å².